The fourth-order valence-electron chi connectivity index (χ4n) is 2.93. The van der Waals surface area contributed by atoms with Crippen molar-refractivity contribution in [1.29, 1.82) is 0 Å². The van der Waals surface area contributed by atoms with Gasteiger partial charge < -0.3 is 20.7 Å². The summed E-state index contributed by atoms with van der Waals surface area (Å²) in [6.45, 7) is 3.48. The predicted octanol–water partition coefficient (Wildman–Crippen LogP) is 0.962. The molecule has 0 aromatic heterocycles. The van der Waals surface area contributed by atoms with Gasteiger partial charge in [-0.05, 0) is 31.4 Å². The Morgan fingerprint density at radius 3 is 2.57 bits per heavy atom. The number of carbonyl (C=O) groups is 1. The molecular weight excluding hydrogens is 382 g/mol. The summed E-state index contributed by atoms with van der Waals surface area (Å²) in [6, 6.07) is 6.85. The highest BCUT2D eigenvalue weighted by Gasteiger charge is 2.24. The van der Waals surface area contributed by atoms with Crippen LogP contribution >= 0.6 is 0 Å². The van der Waals surface area contributed by atoms with Gasteiger partial charge in [-0.2, -0.15) is 0 Å². The molecule has 1 aliphatic heterocycles. The Bertz CT molecular complexity index is 802. The van der Waals surface area contributed by atoms with Crippen LogP contribution in [0, 0.1) is 0 Å². The molecule has 28 heavy (non-hydrogen) atoms. The monoisotopic (exact) mass is 411 g/mol. The van der Waals surface area contributed by atoms with Gasteiger partial charge in [0.2, 0.25) is 10.0 Å². The second kappa shape index (κ2) is 9.74. The Hall–Kier alpha value is -2.33. The zero-order chi connectivity index (χ0) is 20.7. The smallest absolute Gasteiger partial charge is 0.409 e. The molecule has 1 fully saturated rings. The number of hydrogen-bond donors (Lipinski definition) is 2. The molecule has 0 aliphatic carbocycles. The number of guanidine groups is 1. The van der Waals surface area contributed by atoms with Gasteiger partial charge >= 0.3 is 6.09 Å². The number of piperidine rings is 1. The van der Waals surface area contributed by atoms with E-state index in [0.29, 0.717) is 25.3 Å². The van der Waals surface area contributed by atoms with Gasteiger partial charge in [0, 0.05) is 33.2 Å². The maximum atomic E-state index is 12.4. The van der Waals surface area contributed by atoms with Crippen molar-refractivity contribution >= 4 is 22.1 Å². The molecule has 0 spiro atoms. The molecule has 1 amide bonds. The normalized spacial score (nSPS) is 16.3. The second-order valence-electron chi connectivity index (χ2n) is 6.70. The lowest BCUT2D eigenvalue weighted by molar-refractivity contribution is 0.0963. The number of amides is 1. The number of nitrogens with one attached hydrogen (secondary N) is 1. The van der Waals surface area contributed by atoms with Crippen molar-refractivity contribution in [3.63, 3.8) is 0 Å². The first-order valence-electron chi connectivity index (χ1n) is 9.24. The Balaban J connectivity index is 1.95. The van der Waals surface area contributed by atoms with Crippen molar-refractivity contribution < 1.29 is 17.9 Å². The summed E-state index contributed by atoms with van der Waals surface area (Å²) in [7, 11) is -0.560. The van der Waals surface area contributed by atoms with Crippen LogP contribution in [0.15, 0.2) is 34.2 Å². The molecule has 0 saturated carbocycles. The van der Waals surface area contributed by atoms with Crippen molar-refractivity contribution in [3.05, 3.63) is 29.8 Å². The fourth-order valence-corrected chi connectivity index (χ4v) is 4.04. The lowest BCUT2D eigenvalue weighted by Crippen LogP contribution is -2.48. The van der Waals surface area contributed by atoms with Crippen molar-refractivity contribution in [2.75, 3.05) is 33.8 Å². The van der Waals surface area contributed by atoms with E-state index in [0.717, 1.165) is 12.8 Å². The van der Waals surface area contributed by atoms with Crippen molar-refractivity contribution in [2.24, 2.45) is 10.7 Å². The highest BCUT2D eigenvalue weighted by molar-refractivity contribution is 7.89. The summed E-state index contributed by atoms with van der Waals surface area (Å²) in [6.07, 6.45) is 1.18. The molecule has 1 heterocycles. The molecule has 1 aliphatic rings. The molecule has 9 nitrogen and oxygen atoms in total. The first-order chi connectivity index (χ1) is 13.3. The molecular formula is C18H29N5O4S. The number of aliphatic imine (C=N–C) groups is 1. The van der Waals surface area contributed by atoms with E-state index in [1.54, 1.807) is 36.1 Å². The van der Waals surface area contributed by atoms with E-state index in [2.05, 4.69) is 10.3 Å². The molecule has 0 unspecified atom stereocenters. The zero-order valence-electron chi connectivity index (χ0n) is 16.6. The first kappa shape index (κ1) is 22.0. The summed E-state index contributed by atoms with van der Waals surface area (Å²) in [5, 5.41) is 3.15. The average molecular weight is 412 g/mol. The third-order valence-electron chi connectivity index (χ3n) is 4.52. The number of nitrogens with two attached hydrogens (primary N) is 1. The number of ether oxygens (including phenoxy) is 1. The standard InChI is InChI=1S/C18H29N5O4S/c1-4-27-18(24)23-11-9-15(10-12-23)21-17(19)20-13-14-7-5-6-8-16(14)28(25,26)22(2)3/h5-8,15H,4,9-13H2,1-3H3,(H3,19,20,21). The van der Waals surface area contributed by atoms with Gasteiger partial charge in [0.1, 0.15) is 0 Å². The van der Waals surface area contributed by atoms with Gasteiger partial charge in [-0.25, -0.2) is 22.5 Å². The quantitative estimate of drug-likeness (QED) is 0.532. The minimum atomic E-state index is -3.55. The lowest BCUT2D eigenvalue weighted by atomic mass is 10.1. The summed E-state index contributed by atoms with van der Waals surface area (Å²) in [4.78, 5) is 17.9. The molecule has 1 aromatic rings. The van der Waals surface area contributed by atoms with Crippen LogP contribution in [-0.4, -0.2) is 69.5 Å². The van der Waals surface area contributed by atoms with Gasteiger partial charge in [-0.1, -0.05) is 18.2 Å². The van der Waals surface area contributed by atoms with E-state index in [4.69, 9.17) is 10.5 Å². The maximum absolute atomic E-state index is 12.4. The topological polar surface area (TPSA) is 117 Å². The van der Waals surface area contributed by atoms with E-state index in [1.807, 2.05) is 0 Å². The van der Waals surface area contributed by atoms with Gasteiger partial charge in [-0.15, -0.1) is 0 Å². The van der Waals surface area contributed by atoms with Gasteiger partial charge in [0.15, 0.2) is 5.96 Å². The van der Waals surface area contributed by atoms with E-state index in [1.165, 1.54) is 18.4 Å². The molecule has 0 atom stereocenters. The third kappa shape index (κ3) is 5.59. The Morgan fingerprint density at radius 2 is 1.96 bits per heavy atom. The van der Waals surface area contributed by atoms with Crippen LogP contribution in [0.3, 0.4) is 0 Å². The van der Waals surface area contributed by atoms with Crippen LogP contribution in [-0.2, 0) is 21.3 Å². The van der Waals surface area contributed by atoms with Gasteiger partial charge in [0.05, 0.1) is 18.0 Å². The number of rotatable bonds is 6. The summed E-state index contributed by atoms with van der Waals surface area (Å²) >= 11 is 0. The lowest BCUT2D eigenvalue weighted by Gasteiger charge is -2.31. The van der Waals surface area contributed by atoms with Crippen LogP contribution in [0.1, 0.15) is 25.3 Å². The molecule has 1 saturated heterocycles. The molecule has 156 valence electrons. The average Bonchev–Trinajstić information content (AvgIpc) is 2.67. The summed E-state index contributed by atoms with van der Waals surface area (Å²) < 4.78 is 31.1. The van der Waals surface area contributed by atoms with Gasteiger partial charge in [0.25, 0.3) is 0 Å². The molecule has 1 aromatic carbocycles. The third-order valence-corrected chi connectivity index (χ3v) is 6.44. The van der Waals surface area contributed by atoms with E-state index >= 15 is 0 Å². The number of sulfonamides is 1. The number of hydrogen-bond acceptors (Lipinski definition) is 5. The molecule has 3 N–H and O–H groups in total. The van der Waals surface area contributed by atoms with Crippen LogP contribution < -0.4 is 11.1 Å². The van der Waals surface area contributed by atoms with Gasteiger partial charge in [-0.3, -0.25) is 0 Å². The number of benzene rings is 1. The minimum absolute atomic E-state index is 0.107. The molecule has 0 bridgehead atoms. The summed E-state index contributed by atoms with van der Waals surface area (Å²) in [5.74, 6) is 0.256. The van der Waals surface area contributed by atoms with Crippen LogP contribution in [0.5, 0.6) is 0 Å². The second-order valence-corrected chi connectivity index (χ2v) is 8.82. The Labute approximate surface area is 166 Å². The zero-order valence-corrected chi connectivity index (χ0v) is 17.4. The van der Waals surface area contributed by atoms with E-state index in [-0.39, 0.29) is 29.5 Å². The Morgan fingerprint density at radius 1 is 1.32 bits per heavy atom. The van der Waals surface area contributed by atoms with Crippen LogP contribution in [0.4, 0.5) is 4.79 Å². The minimum Gasteiger partial charge on any atom is -0.450 e. The number of likely N-dealkylation sites (tertiary alicyclic amines) is 1. The highest BCUT2D eigenvalue weighted by atomic mass is 32.2. The number of carbonyl (C=O) groups excluding carboxylic acids is 1. The van der Waals surface area contributed by atoms with Crippen molar-refractivity contribution in [1.82, 2.24) is 14.5 Å². The SMILES string of the molecule is CCOC(=O)N1CCC(NC(N)=NCc2ccccc2S(=O)(=O)N(C)C)CC1. The molecule has 2 rings (SSSR count). The predicted molar refractivity (Wildman–Crippen MR) is 107 cm³/mol. The van der Waals surface area contributed by atoms with E-state index in [9.17, 15) is 13.2 Å². The number of nitrogens with zero attached hydrogens (tertiary/aromatic N) is 3. The first-order valence-corrected chi connectivity index (χ1v) is 10.7. The van der Waals surface area contributed by atoms with E-state index < -0.39 is 10.0 Å². The fraction of sp³-hybridized carbons (Fsp3) is 0.556. The Kier molecular flexibility index (Phi) is 7.64. The largest absolute Gasteiger partial charge is 0.450 e. The van der Waals surface area contributed by atoms with Crippen LogP contribution in [0.25, 0.3) is 0 Å². The maximum Gasteiger partial charge on any atom is 0.409 e. The van der Waals surface area contributed by atoms with Crippen LogP contribution in [0.2, 0.25) is 0 Å². The summed E-state index contributed by atoms with van der Waals surface area (Å²) in [5.41, 5.74) is 6.57. The highest BCUT2D eigenvalue weighted by Crippen LogP contribution is 2.19. The molecule has 10 heteroatoms. The van der Waals surface area contributed by atoms with Crippen molar-refractivity contribution in [2.45, 2.75) is 37.2 Å². The van der Waals surface area contributed by atoms with Crippen molar-refractivity contribution in [3.8, 4) is 0 Å². The molecule has 0 radical (unpaired) electrons.